The third-order valence-corrected chi connectivity index (χ3v) is 6.39. The predicted octanol–water partition coefficient (Wildman–Crippen LogP) is 5.45. The fourth-order valence-electron chi connectivity index (χ4n) is 2.31. The van der Waals surface area contributed by atoms with Crippen molar-refractivity contribution in [3.05, 3.63) is 30.3 Å². The average Bonchev–Trinajstić information content (AvgIpc) is 2.97. The number of benzene rings is 1. The van der Waals surface area contributed by atoms with Gasteiger partial charge in [0.05, 0.1) is 12.3 Å². The van der Waals surface area contributed by atoms with Gasteiger partial charge in [0.15, 0.2) is 0 Å². The molecule has 0 unspecified atom stereocenters. The van der Waals surface area contributed by atoms with Crippen molar-refractivity contribution in [1.82, 2.24) is 0 Å². The van der Waals surface area contributed by atoms with Crippen LogP contribution in [-0.2, 0) is 4.74 Å². The van der Waals surface area contributed by atoms with E-state index in [4.69, 9.17) is 4.74 Å². The third kappa shape index (κ3) is 6.72. The average molecular weight is 332 g/mol. The maximum absolute atomic E-state index is 5.92. The van der Waals surface area contributed by atoms with E-state index in [1.165, 1.54) is 25.7 Å². The zero-order chi connectivity index (χ0) is 15.8. The van der Waals surface area contributed by atoms with Crippen molar-refractivity contribution >= 4 is 30.0 Å². The van der Waals surface area contributed by atoms with Gasteiger partial charge in [-0.1, -0.05) is 50.7 Å². The number of para-hydroxylation sites is 1. The molecule has 1 aliphatic carbocycles. The number of aliphatic imine (C=N–C) groups is 1. The van der Waals surface area contributed by atoms with Gasteiger partial charge in [-0.05, 0) is 36.1 Å². The van der Waals surface area contributed by atoms with Crippen molar-refractivity contribution in [3.63, 3.8) is 0 Å². The van der Waals surface area contributed by atoms with Gasteiger partial charge in [-0.2, -0.15) is 0 Å². The Bertz CT molecular complexity index is 548. The zero-order valence-electron chi connectivity index (χ0n) is 13.8. The Balaban J connectivity index is 2.04. The van der Waals surface area contributed by atoms with Crippen LogP contribution in [0.2, 0.25) is 19.6 Å². The smallest absolute Gasteiger partial charge is 0.269 e. The van der Waals surface area contributed by atoms with Crippen LogP contribution in [0.25, 0.3) is 0 Å². The SMILES string of the molecule is C[Si](C)(C)SC#CC(=Nc1ccccc1)OCC1CCCC1. The molecule has 2 nitrogen and oxygen atoms in total. The highest BCUT2D eigenvalue weighted by Gasteiger charge is 2.16. The molecule has 0 spiro atoms. The molecule has 0 atom stereocenters. The molecule has 0 bridgehead atoms. The number of rotatable bonds is 4. The molecule has 1 aliphatic rings. The Kier molecular flexibility index (Phi) is 6.60. The Labute approximate surface area is 139 Å². The van der Waals surface area contributed by atoms with E-state index in [1.807, 2.05) is 30.3 Å². The van der Waals surface area contributed by atoms with Gasteiger partial charge >= 0.3 is 0 Å². The first kappa shape index (κ1) is 17.2. The molecular weight excluding hydrogens is 306 g/mol. The fourth-order valence-corrected chi connectivity index (χ4v) is 3.83. The quantitative estimate of drug-likeness (QED) is 0.316. The molecule has 1 saturated carbocycles. The summed E-state index contributed by atoms with van der Waals surface area (Å²) in [5.41, 5.74) is 0.899. The van der Waals surface area contributed by atoms with E-state index in [2.05, 4.69) is 35.8 Å². The molecule has 0 saturated heterocycles. The molecule has 0 radical (unpaired) electrons. The predicted molar refractivity (Wildman–Crippen MR) is 100 cm³/mol. The molecule has 2 rings (SSSR count). The molecule has 22 heavy (non-hydrogen) atoms. The van der Waals surface area contributed by atoms with Crippen LogP contribution in [0.5, 0.6) is 0 Å². The van der Waals surface area contributed by atoms with Crippen LogP contribution < -0.4 is 0 Å². The second kappa shape index (κ2) is 8.45. The van der Waals surface area contributed by atoms with E-state index in [9.17, 15) is 0 Å². The molecular formula is C18H25NOSSi. The van der Waals surface area contributed by atoms with Crippen molar-refractivity contribution < 1.29 is 4.74 Å². The Morgan fingerprint density at radius 3 is 2.55 bits per heavy atom. The molecule has 0 heterocycles. The summed E-state index contributed by atoms with van der Waals surface area (Å²) < 4.78 is 5.92. The molecule has 1 aromatic rings. The third-order valence-electron chi connectivity index (χ3n) is 3.43. The molecule has 1 fully saturated rings. The molecule has 118 valence electrons. The summed E-state index contributed by atoms with van der Waals surface area (Å²) in [5, 5.41) is 3.19. The standard InChI is InChI=1S/C18H25NOSSi/c1-22(2,3)21-14-13-18(19-17-11-5-4-6-12-17)20-15-16-9-7-8-10-16/h4-6,11-12,16H,7-10,15H2,1-3H3. The van der Waals surface area contributed by atoms with Crippen LogP contribution in [0.1, 0.15) is 25.7 Å². The monoisotopic (exact) mass is 331 g/mol. The minimum absolute atomic E-state index is 0.559. The Morgan fingerprint density at radius 1 is 1.23 bits per heavy atom. The number of hydrogen-bond acceptors (Lipinski definition) is 3. The van der Waals surface area contributed by atoms with Crippen LogP contribution in [0.3, 0.4) is 0 Å². The fraction of sp³-hybridized carbons (Fsp3) is 0.500. The lowest BCUT2D eigenvalue weighted by atomic mass is 10.1. The number of nitrogens with zero attached hydrogens (tertiary/aromatic N) is 1. The summed E-state index contributed by atoms with van der Waals surface area (Å²) in [4.78, 5) is 4.56. The molecule has 0 aliphatic heterocycles. The van der Waals surface area contributed by atoms with Crippen molar-refractivity contribution in [2.75, 3.05) is 6.61 Å². The summed E-state index contributed by atoms with van der Waals surface area (Å²) in [5.74, 6) is 4.36. The summed E-state index contributed by atoms with van der Waals surface area (Å²) in [6, 6.07) is 9.92. The van der Waals surface area contributed by atoms with E-state index in [-0.39, 0.29) is 0 Å². The molecule has 0 amide bonds. The van der Waals surface area contributed by atoms with Crippen LogP contribution in [0, 0.1) is 17.1 Å². The minimum Gasteiger partial charge on any atom is -0.471 e. The van der Waals surface area contributed by atoms with E-state index in [1.54, 1.807) is 11.2 Å². The summed E-state index contributed by atoms with van der Waals surface area (Å²) >= 11 is 1.75. The highest BCUT2D eigenvalue weighted by Crippen LogP contribution is 2.25. The lowest BCUT2D eigenvalue weighted by molar-refractivity contribution is 0.244. The van der Waals surface area contributed by atoms with Gasteiger partial charge in [0.2, 0.25) is 0 Å². The topological polar surface area (TPSA) is 21.6 Å². The summed E-state index contributed by atoms with van der Waals surface area (Å²) in [7, 11) is -1.23. The van der Waals surface area contributed by atoms with Crippen molar-refractivity contribution in [3.8, 4) is 11.2 Å². The number of hydrogen-bond donors (Lipinski definition) is 0. The first-order chi connectivity index (χ1) is 10.5. The highest BCUT2D eigenvalue weighted by molar-refractivity contribution is 8.32. The second-order valence-electron chi connectivity index (χ2n) is 6.66. The second-order valence-corrected chi connectivity index (χ2v) is 15.6. The summed E-state index contributed by atoms with van der Waals surface area (Å²) in [6.07, 6.45) is 5.21. The maximum Gasteiger partial charge on any atom is 0.269 e. The largest absolute Gasteiger partial charge is 0.471 e. The van der Waals surface area contributed by atoms with E-state index < -0.39 is 7.22 Å². The van der Waals surface area contributed by atoms with Crippen LogP contribution >= 0.6 is 11.2 Å². The van der Waals surface area contributed by atoms with Gasteiger partial charge in [0.1, 0.15) is 7.22 Å². The summed E-state index contributed by atoms with van der Waals surface area (Å²) in [6.45, 7) is 7.62. The van der Waals surface area contributed by atoms with Crippen molar-refractivity contribution in [2.24, 2.45) is 10.9 Å². The zero-order valence-corrected chi connectivity index (χ0v) is 15.6. The van der Waals surface area contributed by atoms with Gasteiger partial charge in [-0.25, -0.2) is 4.99 Å². The van der Waals surface area contributed by atoms with Gasteiger partial charge in [-0.3, -0.25) is 0 Å². The number of ether oxygens (including phenoxy) is 1. The van der Waals surface area contributed by atoms with Gasteiger partial charge in [-0.15, -0.1) is 11.2 Å². The van der Waals surface area contributed by atoms with Crippen LogP contribution in [0.15, 0.2) is 35.3 Å². The van der Waals surface area contributed by atoms with Crippen molar-refractivity contribution in [2.45, 2.75) is 45.3 Å². The van der Waals surface area contributed by atoms with E-state index in [0.717, 1.165) is 12.3 Å². The maximum atomic E-state index is 5.92. The lowest BCUT2D eigenvalue weighted by Gasteiger charge is -2.11. The molecule has 0 aromatic heterocycles. The molecule has 4 heteroatoms. The first-order valence-electron chi connectivity index (χ1n) is 7.98. The minimum atomic E-state index is -1.23. The Hall–Kier alpha value is -1.18. The van der Waals surface area contributed by atoms with Gasteiger partial charge < -0.3 is 4.74 Å². The van der Waals surface area contributed by atoms with E-state index in [0.29, 0.717) is 11.8 Å². The van der Waals surface area contributed by atoms with E-state index >= 15 is 0 Å². The van der Waals surface area contributed by atoms with Gasteiger partial charge in [0, 0.05) is 5.92 Å². The molecule has 0 N–H and O–H groups in total. The normalized spacial score (nSPS) is 16.2. The highest BCUT2D eigenvalue weighted by atomic mass is 32.4. The first-order valence-corrected chi connectivity index (χ1v) is 13.0. The van der Waals surface area contributed by atoms with Gasteiger partial charge in [0.25, 0.3) is 5.90 Å². The van der Waals surface area contributed by atoms with Crippen LogP contribution in [0.4, 0.5) is 5.69 Å². The van der Waals surface area contributed by atoms with Crippen molar-refractivity contribution in [1.29, 1.82) is 0 Å². The lowest BCUT2D eigenvalue weighted by Crippen LogP contribution is -2.13. The Morgan fingerprint density at radius 2 is 1.91 bits per heavy atom. The van der Waals surface area contributed by atoms with Crippen LogP contribution in [-0.4, -0.2) is 19.7 Å². The molecule has 1 aromatic carbocycles.